The predicted molar refractivity (Wildman–Crippen MR) is 76.4 cm³/mol. The lowest BCUT2D eigenvalue weighted by atomic mass is 10.3. The summed E-state index contributed by atoms with van der Waals surface area (Å²) in [6, 6.07) is 5.83. The van der Waals surface area contributed by atoms with Gasteiger partial charge in [-0.3, -0.25) is 0 Å². The highest BCUT2D eigenvalue weighted by Gasteiger charge is 2.12. The van der Waals surface area contributed by atoms with Gasteiger partial charge in [-0.15, -0.1) is 0 Å². The third kappa shape index (κ3) is 2.20. The summed E-state index contributed by atoms with van der Waals surface area (Å²) in [5.74, 6) is 1.93. The average molecular weight is 290 g/mol. The Morgan fingerprint density at radius 1 is 1.45 bits per heavy atom. The summed E-state index contributed by atoms with van der Waals surface area (Å²) in [4.78, 5) is 7.37. The van der Waals surface area contributed by atoms with E-state index in [-0.39, 0.29) is 0 Å². The molecule has 0 aliphatic carbocycles. The van der Waals surface area contributed by atoms with Gasteiger partial charge in [0.1, 0.15) is 17.8 Å². The van der Waals surface area contributed by atoms with Crippen molar-refractivity contribution in [3.8, 4) is 5.75 Å². The molecule has 0 unspecified atom stereocenters. The number of nitrogens with one attached hydrogen (secondary N) is 1. The number of ether oxygens (including phenoxy) is 1. The normalized spacial score (nSPS) is 11.1. The molecule has 20 heavy (non-hydrogen) atoms. The van der Waals surface area contributed by atoms with Gasteiger partial charge in [-0.25, -0.2) is 0 Å². The number of hydrogen-bond donors (Lipinski definition) is 1. The molecule has 0 atom stereocenters. The van der Waals surface area contributed by atoms with E-state index in [0.717, 1.165) is 16.8 Å². The Labute approximate surface area is 120 Å². The van der Waals surface area contributed by atoms with Gasteiger partial charge in [0, 0.05) is 0 Å². The van der Waals surface area contributed by atoms with Crippen molar-refractivity contribution in [3.63, 3.8) is 0 Å². The third-order valence-electron chi connectivity index (χ3n) is 2.93. The Morgan fingerprint density at radius 3 is 3.00 bits per heavy atom. The minimum absolute atomic E-state index is 0.440. The maximum Gasteiger partial charge on any atom is 0.246 e. The van der Waals surface area contributed by atoms with E-state index in [1.165, 1.54) is 0 Å². The Bertz CT molecular complexity index is 802. The molecule has 0 fully saturated rings. The number of para-hydroxylation sites is 1. The van der Waals surface area contributed by atoms with Crippen LogP contribution >= 0.6 is 12.2 Å². The lowest BCUT2D eigenvalue weighted by molar-refractivity contribution is 0.343. The summed E-state index contributed by atoms with van der Waals surface area (Å²) in [5, 5.41) is 3.79. The van der Waals surface area contributed by atoms with Gasteiger partial charge in [-0.05, 0) is 38.2 Å². The Kier molecular flexibility index (Phi) is 3.27. The highest BCUT2D eigenvalue weighted by Crippen LogP contribution is 2.25. The minimum atomic E-state index is 0.440. The van der Waals surface area contributed by atoms with Crippen LogP contribution in [0.4, 0.5) is 0 Å². The summed E-state index contributed by atoms with van der Waals surface area (Å²) < 4.78 is 13.3. The van der Waals surface area contributed by atoms with Gasteiger partial charge < -0.3 is 18.8 Å². The van der Waals surface area contributed by atoms with Crippen molar-refractivity contribution in [2.45, 2.75) is 20.4 Å². The summed E-state index contributed by atoms with van der Waals surface area (Å²) in [7, 11) is 0. The first kappa shape index (κ1) is 12.9. The van der Waals surface area contributed by atoms with Crippen LogP contribution in [0.15, 0.2) is 22.7 Å². The minimum Gasteiger partial charge on any atom is -0.492 e. The molecule has 0 amide bonds. The molecule has 3 aromatic rings. The fraction of sp³-hybridized carbons (Fsp3) is 0.308. The van der Waals surface area contributed by atoms with E-state index in [0.29, 0.717) is 29.6 Å². The Morgan fingerprint density at radius 2 is 2.30 bits per heavy atom. The van der Waals surface area contributed by atoms with Crippen molar-refractivity contribution in [1.82, 2.24) is 19.7 Å². The van der Waals surface area contributed by atoms with Crippen LogP contribution in [0.25, 0.3) is 11.0 Å². The molecule has 104 valence electrons. The van der Waals surface area contributed by atoms with Crippen molar-refractivity contribution in [3.05, 3.63) is 34.7 Å². The number of H-pyrrole nitrogens is 1. The molecular weight excluding hydrogens is 276 g/mol. The molecule has 0 aliphatic rings. The quantitative estimate of drug-likeness (QED) is 0.748. The van der Waals surface area contributed by atoms with Gasteiger partial charge in [0.2, 0.25) is 5.89 Å². The van der Waals surface area contributed by atoms with Crippen molar-refractivity contribution in [2.75, 3.05) is 6.61 Å². The molecule has 2 heterocycles. The van der Waals surface area contributed by atoms with Gasteiger partial charge in [-0.1, -0.05) is 11.2 Å². The smallest absolute Gasteiger partial charge is 0.246 e. The van der Waals surface area contributed by atoms with Gasteiger partial charge in [0.15, 0.2) is 10.6 Å². The second-order valence-corrected chi connectivity index (χ2v) is 4.72. The lowest BCUT2D eigenvalue weighted by Crippen LogP contribution is -2.00. The van der Waals surface area contributed by atoms with Gasteiger partial charge in [-0.2, -0.15) is 4.98 Å². The first-order valence-corrected chi connectivity index (χ1v) is 6.73. The van der Waals surface area contributed by atoms with E-state index < -0.39 is 0 Å². The van der Waals surface area contributed by atoms with Crippen LogP contribution in [0.3, 0.4) is 0 Å². The molecule has 0 aliphatic heterocycles. The number of aromatic amines is 1. The maximum absolute atomic E-state index is 5.60. The first-order valence-electron chi connectivity index (χ1n) is 6.32. The largest absolute Gasteiger partial charge is 0.492 e. The SMILES string of the molecule is CCOc1cccc2c1[nH]c(=S)n2Cc1nc(C)no1. The first-order chi connectivity index (χ1) is 9.69. The fourth-order valence-corrected chi connectivity index (χ4v) is 2.39. The summed E-state index contributed by atoms with van der Waals surface area (Å²) >= 11 is 5.36. The van der Waals surface area contributed by atoms with Crippen LogP contribution in [-0.4, -0.2) is 26.3 Å². The Hall–Kier alpha value is -2.15. The molecule has 0 saturated heterocycles. The van der Waals surface area contributed by atoms with E-state index in [4.69, 9.17) is 21.5 Å². The second-order valence-electron chi connectivity index (χ2n) is 4.33. The zero-order chi connectivity index (χ0) is 14.1. The second kappa shape index (κ2) is 5.09. The summed E-state index contributed by atoms with van der Waals surface area (Å²) in [5.41, 5.74) is 1.84. The number of rotatable bonds is 4. The van der Waals surface area contributed by atoms with Crippen molar-refractivity contribution in [1.29, 1.82) is 0 Å². The molecule has 0 radical (unpaired) electrons. The number of imidazole rings is 1. The van der Waals surface area contributed by atoms with Crippen LogP contribution in [0.2, 0.25) is 0 Å². The lowest BCUT2D eigenvalue weighted by Gasteiger charge is -2.04. The standard InChI is InChI=1S/C13H14N4O2S/c1-3-18-10-6-4-5-9-12(10)15-13(20)17(9)7-11-14-8(2)16-19-11/h4-6H,3,7H2,1-2H3,(H,15,20). The maximum atomic E-state index is 5.60. The number of hydrogen-bond acceptors (Lipinski definition) is 5. The van der Waals surface area contributed by atoms with Crippen LogP contribution in [0.5, 0.6) is 5.75 Å². The summed E-state index contributed by atoms with van der Waals surface area (Å²) in [6.07, 6.45) is 0. The third-order valence-corrected chi connectivity index (χ3v) is 3.26. The van der Waals surface area contributed by atoms with E-state index >= 15 is 0 Å². The predicted octanol–water partition coefficient (Wildman–Crippen LogP) is 2.84. The fourth-order valence-electron chi connectivity index (χ4n) is 2.13. The van der Waals surface area contributed by atoms with Crippen LogP contribution in [-0.2, 0) is 6.54 Å². The van der Waals surface area contributed by atoms with E-state index in [2.05, 4.69) is 15.1 Å². The van der Waals surface area contributed by atoms with Crippen molar-refractivity contribution >= 4 is 23.3 Å². The number of aryl methyl sites for hydroxylation is 1. The van der Waals surface area contributed by atoms with Crippen LogP contribution < -0.4 is 4.74 Å². The van der Waals surface area contributed by atoms with Gasteiger partial charge in [0.25, 0.3) is 0 Å². The number of nitrogens with zero attached hydrogens (tertiary/aromatic N) is 3. The van der Waals surface area contributed by atoms with Crippen LogP contribution in [0, 0.1) is 11.7 Å². The summed E-state index contributed by atoms with van der Waals surface area (Å²) in [6.45, 7) is 4.78. The monoisotopic (exact) mass is 290 g/mol. The van der Waals surface area contributed by atoms with E-state index in [9.17, 15) is 0 Å². The topological polar surface area (TPSA) is 68.9 Å². The molecule has 7 heteroatoms. The molecule has 1 aromatic carbocycles. The van der Waals surface area contributed by atoms with E-state index in [1.54, 1.807) is 6.92 Å². The molecule has 6 nitrogen and oxygen atoms in total. The number of aromatic nitrogens is 4. The molecule has 3 rings (SSSR count). The zero-order valence-corrected chi connectivity index (χ0v) is 12.0. The molecule has 0 saturated carbocycles. The molecule has 0 spiro atoms. The van der Waals surface area contributed by atoms with Crippen LogP contribution in [0.1, 0.15) is 18.6 Å². The number of benzene rings is 1. The highest BCUT2D eigenvalue weighted by atomic mass is 32.1. The molecular formula is C13H14N4O2S. The molecule has 0 bridgehead atoms. The molecule has 2 aromatic heterocycles. The van der Waals surface area contributed by atoms with Gasteiger partial charge in [0.05, 0.1) is 12.1 Å². The van der Waals surface area contributed by atoms with E-state index in [1.807, 2.05) is 29.7 Å². The molecule has 1 N–H and O–H groups in total. The highest BCUT2D eigenvalue weighted by molar-refractivity contribution is 7.71. The van der Waals surface area contributed by atoms with Crippen molar-refractivity contribution in [2.24, 2.45) is 0 Å². The van der Waals surface area contributed by atoms with Crippen molar-refractivity contribution < 1.29 is 9.26 Å². The average Bonchev–Trinajstić information content (AvgIpc) is 2.97. The number of fused-ring (bicyclic) bond motifs is 1. The van der Waals surface area contributed by atoms with Gasteiger partial charge >= 0.3 is 0 Å². The zero-order valence-electron chi connectivity index (χ0n) is 11.2. The Balaban J connectivity index is 2.09.